The lowest BCUT2D eigenvalue weighted by molar-refractivity contribution is -0.142. The maximum absolute atomic E-state index is 13.7. The van der Waals surface area contributed by atoms with Crippen LogP contribution in [0.3, 0.4) is 0 Å². The maximum Gasteiger partial charge on any atom is 0.311 e. The number of terminal acetylenes is 1. The molecule has 1 aromatic carbocycles. The number of carbonyl (C=O) groups excluding carboxylic acids is 1. The van der Waals surface area contributed by atoms with Crippen LogP contribution in [0.2, 0.25) is 0 Å². The fraction of sp³-hybridized carbons (Fsp3) is 0.188. The first-order valence-electron chi connectivity index (χ1n) is 6.77. The lowest BCUT2D eigenvalue weighted by Crippen LogP contribution is -2.07. The number of ether oxygens (including phenoxy) is 1. The molecule has 0 unspecified atom stereocenters. The molecule has 7 heteroatoms. The van der Waals surface area contributed by atoms with E-state index in [0.29, 0.717) is 28.6 Å². The van der Waals surface area contributed by atoms with Crippen LogP contribution in [0.4, 0.5) is 9.52 Å². The topological polar surface area (TPSA) is 63.6 Å². The smallest absolute Gasteiger partial charge is 0.311 e. The summed E-state index contributed by atoms with van der Waals surface area (Å²) in [5.41, 5.74) is 4.06. The summed E-state index contributed by atoms with van der Waals surface area (Å²) < 4.78 is 18.6. The average molecular weight is 331 g/mol. The van der Waals surface area contributed by atoms with Crippen LogP contribution in [0.25, 0.3) is 0 Å². The molecule has 0 fully saturated rings. The number of halogens is 1. The van der Waals surface area contributed by atoms with Crippen molar-refractivity contribution in [3.05, 3.63) is 46.2 Å². The van der Waals surface area contributed by atoms with Crippen molar-refractivity contribution >= 4 is 28.7 Å². The van der Waals surface area contributed by atoms with Crippen molar-refractivity contribution in [1.29, 1.82) is 0 Å². The van der Waals surface area contributed by atoms with Gasteiger partial charge in [0.2, 0.25) is 5.13 Å². The summed E-state index contributed by atoms with van der Waals surface area (Å²) in [6, 6.07) is 4.44. The van der Waals surface area contributed by atoms with E-state index in [1.165, 1.54) is 23.6 Å². The molecule has 0 aliphatic heterocycles. The van der Waals surface area contributed by atoms with Crippen LogP contribution >= 0.6 is 11.3 Å². The molecule has 2 rings (SSSR count). The monoisotopic (exact) mass is 331 g/mol. The quantitative estimate of drug-likeness (QED) is 0.383. The number of anilines is 1. The van der Waals surface area contributed by atoms with E-state index in [9.17, 15) is 9.18 Å². The highest BCUT2D eigenvalue weighted by Gasteiger charge is 2.08. The minimum absolute atomic E-state index is 0.109. The number of esters is 1. The van der Waals surface area contributed by atoms with Crippen molar-refractivity contribution in [2.24, 2.45) is 5.10 Å². The Kier molecular flexibility index (Phi) is 5.83. The van der Waals surface area contributed by atoms with Gasteiger partial charge >= 0.3 is 5.97 Å². The number of aromatic nitrogens is 1. The van der Waals surface area contributed by atoms with Gasteiger partial charge in [-0.2, -0.15) is 5.10 Å². The second-order valence-corrected chi connectivity index (χ2v) is 5.23. The van der Waals surface area contributed by atoms with Crippen molar-refractivity contribution < 1.29 is 13.9 Å². The van der Waals surface area contributed by atoms with Crippen LogP contribution in [0, 0.1) is 18.2 Å². The highest BCUT2D eigenvalue weighted by Crippen LogP contribution is 2.16. The van der Waals surface area contributed by atoms with E-state index in [0.717, 1.165) is 0 Å². The van der Waals surface area contributed by atoms with Gasteiger partial charge in [-0.15, -0.1) is 17.8 Å². The van der Waals surface area contributed by atoms with Crippen LogP contribution in [0.5, 0.6) is 0 Å². The van der Waals surface area contributed by atoms with E-state index in [4.69, 9.17) is 11.2 Å². The molecular weight excluding hydrogens is 317 g/mol. The first-order valence-corrected chi connectivity index (χ1v) is 7.65. The number of carbonyl (C=O) groups is 1. The molecule has 0 saturated carbocycles. The average Bonchev–Trinajstić information content (AvgIpc) is 2.96. The first-order chi connectivity index (χ1) is 11.1. The van der Waals surface area contributed by atoms with Gasteiger partial charge in [0.25, 0.3) is 0 Å². The van der Waals surface area contributed by atoms with Gasteiger partial charge in [-0.3, -0.25) is 10.2 Å². The highest BCUT2D eigenvalue weighted by molar-refractivity contribution is 7.13. The molecule has 1 heterocycles. The van der Waals surface area contributed by atoms with Crippen molar-refractivity contribution in [3.63, 3.8) is 0 Å². The Hall–Kier alpha value is -2.72. The molecule has 0 radical (unpaired) electrons. The molecule has 23 heavy (non-hydrogen) atoms. The van der Waals surface area contributed by atoms with Crippen LogP contribution in [0.1, 0.15) is 23.7 Å². The standard InChI is InChI=1S/C16H14FN3O2S/c1-3-11-5-6-12(14(17)7-11)9-18-20-16-19-13(10-23-16)8-15(21)22-4-2/h1,5-7,9-10H,4,8H2,2H3,(H,19,20). The van der Waals surface area contributed by atoms with Gasteiger partial charge in [0, 0.05) is 16.5 Å². The largest absolute Gasteiger partial charge is 0.466 e. The summed E-state index contributed by atoms with van der Waals surface area (Å²) in [4.78, 5) is 15.5. The van der Waals surface area contributed by atoms with Crippen LogP contribution in [-0.2, 0) is 16.0 Å². The third-order valence-corrected chi connectivity index (χ3v) is 3.51. The second kappa shape index (κ2) is 8.06. The van der Waals surface area contributed by atoms with E-state index in [-0.39, 0.29) is 12.4 Å². The minimum atomic E-state index is -0.451. The Morgan fingerprint density at radius 2 is 2.43 bits per heavy atom. The van der Waals surface area contributed by atoms with Gasteiger partial charge in [-0.1, -0.05) is 5.92 Å². The minimum Gasteiger partial charge on any atom is -0.466 e. The number of benzene rings is 1. The summed E-state index contributed by atoms with van der Waals surface area (Å²) in [5, 5.41) is 6.16. The fourth-order valence-corrected chi connectivity index (χ4v) is 2.34. The lowest BCUT2D eigenvalue weighted by atomic mass is 10.1. The van der Waals surface area contributed by atoms with Crippen LogP contribution in [-0.4, -0.2) is 23.8 Å². The first kappa shape index (κ1) is 16.6. The van der Waals surface area contributed by atoms with E-state index < -0.39 is 5.82 Å². The van der Waals surface area contributed by atoms with E-state index in [1.54, 1.807) is 24.4 Å². The van der Waals surface area contributed by atoms with Gasteiger partial charge in [0.15, 0.2) is 0 Å². The molecule has 0 aliphatic rings. The van der Waals surface area contributed by atoms with Gasteiger partial charge < -0.3 is 4.74 Å². The number of nitrogens with zero attached hydrogens (tertiary/aromatic N) is 2. The number of hydrazone groups is 1. The molecule has 0 spiro atoms. The SMILES string of the molecule is C#Cc1ccc(C=NNc2nc(CC(=O)OCC)cs2)c(F)c1. The zero-order valence-electron chi connectivity index (χ0n) is 12.4. The number of rotatable bonds is 6. The molecule has 2 aromatic rings. The van der Waals surface area contributed by atoms with Crippen molar-refractivity contribution in [2.45, 2.75) is 13.3 Å². The van der Waals surface area contributed by atoms with Gasteiger partial charge in [-0.05, 0) is 25.1 Å². The van der Waals surface area contributed by atoms with Crippen molar-refractivity contribution in [3.8, 4) is 12.3 Å². The summed E-state index contributed by atoms with van der Waals surface area (Å²) in [6.07, 6.45) is 6.64. The molecule has 5 nitrogen and oxygen atoms in total. The van der Waals surface area contributed by atoms with E-state index in [2.05, 4.69) is 21.4 Å². The Morgan fingerprint density at radius 1 is 1.61 bits per heavy atom. The summed E-state index contributed by atoms with van der Waals surface area (Å²) in [6.45, 7) is 2.08. The molecular formula is C16H14FN3O2S. The van der Waals surface area contributed by atoms with Crippen molar-refractivity contribution in [2.75, 3.05) is 12.0 Å². The molecule has 0 saturated heterocycles. The Balaban J connectivity index is 1.95. The maximum atomic E-state index is 13.7. The predicted molar refractivity (Wildman–Crippen MR) is 88.0 cm³/mol. The van der Waals surface area contributed by atoms with E-state index in [1.807, 2.05) is 0 Å². The van der Waals surface area contributed by atoms with Crippen LogP contribution < -0.4 is 5.43 Å². The number of thiazole rings is 1. The van der Waals surface area contributed by atoms with Gasteiger partial charge in [-0.25, -0.2) is 9.37 Å². The molecule has 0 atom stereocenters. The molecule has 0 bridgehead atoms. The summed E-state index contributed by atoms with van der Waals surface area (Å²) in [5.74, 6) is 1.58. The normalized spacial score (nSPS) is 10.5. The number of nitrogens with one attached hydrogen (secondary N) is 1. The number of hydrogen-bond donors (Lipinski definition) is 1. The summed E-state index contributed by atoms with van der Waals surface area (Å²) >= 11 is 1.29. The van der Waals surface area contributed by atoms with Gasteiger partial charge in [0.05, 0.1) is 24.9 Å². The van der Waals surface area contributed by atoms with Crippen molar-refractivity contribution in [1.82, 2.24) is 4.98 Å². The zero-order valence-corrected chi connectivity index (χ0v) is 13.2. The fourth-order valence-electron chi connectivity index (χ4n) is 1.68. The third kappa shape index (κ3) is 4.90. The second-order valence-electron chi connectivity index (χ2n) is 4.38. The molecule has 118 valence electrons. The Labute approximate surface area is 137 Å². The zero-order chi connectivity index (χ0) is 16.7. The predicted octanol–water partition coefficient (Wildman–Crippen LogP) is 2.82. The molecule has 1 N–H and O–H groups in total. The third-order valence-electron chi connectivity index (χ3n) is 2.71. The Bertz CT molecular complexity index is 765. The summed E-state index contributed by atoms with van der Waals surface area (Å²) in [7, 11) is 0. The molecule has 1 aromatic heterocycles. The molecule has 0 aliphatic carbocycles. The molecule has 0 amide bonds. The number of hydrogen-bond acceptors (Lipinski definition) is 6. The highest BCUT2D eigenvalue weighted by atomic mass is 32.1. The Morgan fingerprint density at radius 3 is 3.13 bits per heavy atom. The van der Waals surface area contributed by atoms with E-state index >= 15 is 0 Å². The van der Waals surface area contributed by atoms with Crippen LogP contribution in [0.15, 0.2) is 28.7 Å². The lowest BCUT2D eigenvalue weighted by Gasteiger charge is -1.98. The van der Waals surface area contributed by atoms with Gasteiger partial charge in [0.1, 0.15) is 5.82 Å².